The lowest BCUT2D eigenvalue weighted by molar-refractivity contribution is -0.143. The minimum atomic E-state index is -1.40. The highest BCUT2D eigenvalue weighted by Crippen LogP contribution is 1.99. The standard InChI is InChI=1S/C16H24N6O7/c1-8(14(26)22-11(16(28)29)2-3-13(24)25)21-12(23)6-19-15(27)10(17)4-9-5-18-7-20-9/h5,7-8,10-11H,2-4,6,17H2,1H3,(H,18,20)(H,19,27)(H,21,23)(H,22,26)(H,24,25)(H,28,29). The number of aromatic amines is 1. The van der Waals surface area contributed by atoms with Crippen LogP contribution in [0.5, 0.6) is 0 Å². The van der Waals surface area contributed by atoms with Gasteiger partial charge in [0, 0.05) is 24.7 Å². The van der Waals surface area contributed by atoms with Crippen LogP contribution in [0, 0.1) is 0 Å². The molecule has 3 amide bonds. The van der Waals surface area contributed by atoms with E-state index in [1.165, 1.54) is 19.4 Å². The van der Waals surface area contributed by atoms with Gasteiger partial charge >= 0.3 is 11.9 Å². The first-order valence-electron chi connectivity index (χ1n) is 8.65. The predicted octanol–water partition coefficient (Wildman–Crippen LogP) is -2.67. The summed E-state index contributed by atoms with van der Waals surface area (Å²) in [5.74, 6) is -4.66. The van der Waals surface area contributed by atoms with Gasteiger partial charge in [-0.05, 0) is 13.3 Å². The van der Waals surface area contributed by atoms with Crippen LogP contribution in [0.2, 0.25) is 0 Å². The maximum Gasteiger partial charge on any atom is 0.326 e. The van der Waals surface area contributed by atoms with Gasteiger partial charge in [-0.1, -0.05) is 0 Å². The first kappa shape index (κ1) is 23.6. The number of rotatable bonds is 12. The summed E-state index contributed by atoms with van der Waals surface area (Å²) >= 11 is 0. The Morgan fingerprint density at radius 2 is 1.86 bits per heavy atom. The molecule has 13 heteroatoms. The quantitative estimate of drug-likeness (QED) is 0.190. The number of nitrogens with zero attached hydrogens (tertiary/aromatic N) is 1. The molecule has 0 bridgehead atoms. The predicted molar refractivity (Wildman–Crippen MR) is 97.3 cm³/mol. The van der Waals surface area contributed by atoms with E-state index < -0.39 is 60.8 Å². The zero-order valence-electron chi connectivity index (χ0n) is 15.7. The number of carboxylic acids is 2. The van der Waals surface area contributed by atoms with Gasteiger partial charge in [-0.2, -0.15) is 0 Å². The number of H-pyrrole nitrogens is 1. The molecule has 0 aliphatic rings. The molecule has 0 radical (unpaired) electrons. The second-order valence-corrected chi connectivity index (χ2v) is 6.23. The van der Waals surface area contributed by atoms with Crippen molar-refractivity contribution in [2.75, 3.05) is 6.54 Å². The Morgan fingerprint density at radius 3 is 2.41 bits per heavy atom. The smallest absolute Gasteiger partial charge is 0.326 e. The number of hydrogen-bond acceptors (Lipinski definition) is 7. The minimum Gasteiger partial charge on any atom is -0.481 e. The Bertz CT molecular complexity index is 736. The number of carboxylic acid groups (broad SMARTS) is 2. The third-order valence-corrected chi connectivity index (χ3v) is 3.79. The summed E-state index contributed by atoms with van der Waals surface area (Å²) < 4.78 is 0. The highest BCUT2D eigenvalue weighted by atomic mass is 16.4. The molecular weight excluding hydrogens is 388 g/mol. The monoisotopic (exact) mass is 412 g/mol. The summed E-state index contributed by atoms with van der Waals surface area (Å²) in [6.07, 6.45) is 2.40. The van der Waals surface area contributed by atoms with Crippen LogP contribution in [-0.2, 0) is 30.4 Å². The summed E-state index contributed by atoms with van der Waals surface area (Å²) in [5.41, 5.74) is 6.38. The summed E-state index contributed by atoms with van der Waals surface area (Å²) in [6.45, 7) is 0.879. The van der Waals surface area contributed by atoms with Crippen LogP contribution >= 0.6 is 0 Å². The molecule has 29 heavy (non-hydrogen) atoms. The summed E-state index contributed by atoms with van der Waals surface area (Å²) in [5, 5.41) is 24.4. The molecule has 1 rings (SSSR count). The van der Waals surface area contributed by atoms with E-state index in [9.17, 15) is 24.0 Å². The molecule has 0 spiro atoms. The molecule has 8 N–H and O–H groups in total. The Morgan fingerprint density at radius 1 is 1.17 bits per heavy atom. The maximum atomic E-state index is 12.0. The van der Waals surface area contributed by atoms with Crippen molar-refractivity contribution in [2.45, 2.75) is 44.3 Å². The second kappa shape index (κ2) is 11.4. The fourth-order valence-corrected chi connectivity index (χ4v) is 2.20. The van der Waals surface area contributed by atoms with Crippen LogP contribution in [0.3, 0.4) is 0 Å². The fraction of sp³-hybridized carbons (Fsp3) is 0.500. The van der Waals surface area contributed by atoms with Crippen molar-refractivity contribution < 1.29 is 34.2 Å². The van der Waals surface area contributed by atoms with Crippen LogP contribution in [-0.4, -0.2) is 74.5 Å². The van der Waals surface area contributed by atoms with Crippen LogP contribution in [0.25, 0.3) is 0 Å². The van der Waals surface area contributed by atoms with Crippen molar-refractivity contribution in [3.05, 3.63) is 18.2 Å². The molecule has 0 saturated carbocycles. The van der Waals surface area contributed by atoms with E-state index in [0.29, 0.717) is 5.69 Å². The van der Waals surface area contributed by atoms with Gasteiger partial charge in [-0.25, -0.2) is 9.78 Å². The Balaban J connectivity index is 2.41. The van der Waals surface area contributed by atoms with E-state index in [0.717, 1.165) is 0 Å². The molecule has 1 aromatic rings. The molecule has 0 fully saturated rings. The molecule has 3 atom stereocenters. The molecule has 0 aliphatic carbocycles. The van der Waals surface area contributed by atoms with Crippen molar-refractivity contribution in [3.63, 3.8) is 0 Å². The van der Waals surface area contributed by atoms with Gasteiger partial charge in [-0.15, -0.1) is 0 Å². The highest BCUT2D eigenvalue weighted by Gasteiger charge is 2.24. The Kier molecular flexibility index (Phi) is 9.25. The minimum absolute atomic E-state index is 0.194. The van der Waals surface area contributed by atoms with E-state index in [-0.39, 0.29) is 12.8 Å². The number of imidazole rings is 1. The van der Waals surface area contributed by atoms with Gasteiger partial charge in [0.15, 0.2) is 0 Å². The molecular formula is C16H24N6O7. The number of hydrogen-bond donors (Lipinski definition) is 7. The van der Waals surface area contributed by atoms with Crippen molar-refractivity contribution in [2.24, 2.45) is 5.73 Å². The molecule has 0 aromatic carbocycles. The van der Waals surface area contributed by atoms with Crippen LogP contribution < -0.4 is 21.7 Å². The average Bonchev–Trinajstić information content (AvgIpc) is 3.15. The number of amides is 3. The molecule has 160 valence electrons. The van der Waals surface area contributed by atoms with Gasteiger partial charge in [0.05, 0.1) is 18.9 Å². The van der Waals surface area contributed by atoms with Gasteiger partial charge in [0.2, 0.25) is 17.7 Å². The zero-order chi connectivity index (χ0) is 22.0. The van der Waals surface area contributed by atoms with Gasteiger partial charge in [0.1, 0.15) is 12.1 Å². The van der Waals surface area contributed by atoms with Gasteiger partial charge in [0.25, 0.3) is 0 Å². The lowest BCUT2D eigenvalue weighted by atomic mass is 10.1. The SMILES string of the molecule is CC(NC(=O)CNC(=O)C(N)Cc1cnc[nH]1)C(=O)NC(CCC(=O)O)C(=O)O. The van der Waals surface area contributed by atoms with Crippen LogP contribution in [0.15, 0.2) is 12.5 Å². The van der Waals surface area contributed by atoms with E-state index in [2.05, 4.69) is 25.9 Å². The largest absolute Gasteiger partial charge is 0.481 e. The molecule has 1 heterocycles. The Labute approximate surface area is 165 Å². The lowest BCUT2D eigenvalue weighted by Gasteiger charge is -2.18. The van der Waals surface area contributed by atoms with Crippen molar-refractivity contribution in [3.8, 4) is 0 Å². The fourth-order valence-electron chi connectivity index (χ4n) is 2.20. The molecule has 3 unspecified atom stereocenters. The van der Waals surface area contributed by atoms with Crippen LogP contribution in [0.1, 0.15) is 25.5 Å². The summed E-state index contributed by atoms with van der Waals surface area (Å²) in [4.78, 5) is 64.0. The molecule has 0 saturated heterocycles. The molecule has 0 aliphatic heterocycles. The topological polar surface area (TPSA) is 217 Å². The number of aliphatic carboxylic acids is 2. The number of aromatic nitrogens is 2. The third kappa shape index (κ3) is 8.83. The Hall–Kier alpha value is -3.48. The normalized spacial score (nSPS) is 13.6. The average molecular weight is 412 g/mol. The van der Waals surface area contributed by atoms with Crippen molar-refractivity contribution >= 4 is 29.7 Å². The highest BCUT2D eigenvalue weighted by molar-refractivity contribution is 5.92. The first-order chi connectivity index (χ1) is 13.6. The van der Waals surface area contributed by atoms with E-state index in [4.69, 9.17) is 15.9 Å². The third-order valence-electron chi connectivity index (χ3n) is 3.79. The number of nitrogens with two attached hydrogens (primary N) is 1. The first-order valence-corrected chi connectivity index (χ1v) is 8.65. The van der Waals surface area contributed by atoms with E-state index in [1.54, 1.807) is 0 Å². The van der Waals surface area contributed by atoms with Crippen molar-refractivity contribution in [1.29, 1.82) is 0 Å². The number of carbonyl (C=O) groups excluding carboxylic acids is 3. The van der Waals surface area contributed by atoms with Gasteiger partial charge in [-0.3, -0.25) is 19.2 Å². The van der Waals surface area contributed by atoms with Crippen molar-refractivity contribution in [1.82, 2.24) is 25.9 Å². The summed E-state index contributed by atoms with van der Waals surface area (Å²) in [7, 11) is 0. The maximum absolute atomic E-state index is 12.0. The second-order valence-electron chi connectivity index (χ2n) is 6.23. The molecule has 1 aromatic heterocycles. The molecule has 13 nitrogen and oxygen atoms in total. The lowest BCUT2D eigenvalue weighted by Crippen LogP contribution is -2.52. The van der Waals surface area contributed by atoms with E-state index in [1.807, 2.05) is 0 Å². The summed E-state index contributed by atoms with van der Waals surface area (Å²) in [6, 6.07) is -3.42. The zero-order valence-corrected chi connectivity index (χ0v) is 15.7. The number of nitrogens with one attached hydrogen (secondary N) is 4. The van der Waals surface area contributed by atoms with Crippen LogP contribution in [0.4, 0.5) is 0 Å². The van der Waals surface area contributed by atoms with E-state index >= 15 is 0 Å². The number of carbonyl (C=O) groups is 5. The van der Waals surface area contributed by atoms with Gasteiger partial charge < -0.3 is 36.9 Å².